The Bertz CT molecular complexity index is 537. The molecule has 0 radical (unpaired) electrons. The molecule has 5 heteroatoms. The third-order valence-corrected chi connectivity index (χ3v) is 5.20. The fourth-order valence-electron chi connectivity index (χ4n) is 2.94. The molecule has 1 fully saturated rings. The highest BCUT2D eigenvalue weighted by Gasteiger charge is 2.46. The number of carbonyl (C=O) groups is 2. The molecule has 1 aliphatic carbocycles. The molecule has 0 spiro atoms. The molecular formula is C17H22INO3. The maximum absolute atomic E-state index is 12.0. The van der Waals surface area contributed by atoms with Crippen LogP contribution in [0.1, 0.15) is 37.7 Å². The smallest absolute Gasteiger partial charge is 0.308 e. The number of halogens is 1. The maximum atomic E-state index is 12.0. The summed E-state index contributed by atoms with van der Waals surface area (Å²) in [6, 6.07) is 8.52. The van der Waals surface area contributed by atoms with E-state index in [4.69, 9.17) is 4.74 Å². The predicted octanol–water partition coefficient (Wildman–Crippen LogP) is 3.03. The van der Waals surface area contributed by atoms with E-state index >= 15 is 0 Å². The van der Waals surface area contributed by atoms with Gasteiger partial charge in [-0.25, -0.2) is 0 Å². The molecule has 1 aliphatic rings. The second-order valence-electron chi connectivity index (χ2n) is 5.92. The van der Waals surface area contributed by atoms with Crippen molar-refractivity contribution in [1.82, 2.24) is 5.32 Å². The molecule has 1 saturated carbocycles. The van der Waals surface area contributed by atoms with Crippen LogP contribution >= 0.6 is 22.6 Å². The molecule has 0 aromatic heterocycles. The summed E-state index contributed by atoms with van der Waals surface area (Å²) in [5.74, 6) is -0.460. The Balaban J connectivity index is 2.07. The third-order valence-electron chi connectivity index (χ3n) is 4.48. The van der Waals surface area contributed by atoms with Crippen molar-refractivity contribution in [3.8, 4) is 0 Å². The standard InChI is InChI=1S/C17H22INO3/c1-19-15(20)8-3-12(16(21)22-2)11-17(9-10-17)13-4-6-14(18)7-5-13/h4-7,12H,3,8-11H2,1-2H3,(H,19,20). The lowest BCUT2D eigenvalue weighted by Crippen LogP contribution is -2.25. The van der Waals surface area contributed by atoms with E-state index in [0.717, 1.165) is 19.3 Å². The van der Waals surface area contributed by atoms with Gasteiger partial charge >= 0.3 is 5.97 Å². The van der Waals surface area contributed by atoms with Gasteiger partial charge in [-0.3, -0.25) is 9.59 Å². The molecule has 1 aromatic carbocycles. The van der Waals surface area contributed by atoms with Crippen LogP contribution in [0, 0.1) is 9.49 Å². The van der Waals surface area contributed by atoms with Crippen LogP contribution in [0.3, 0.4) is 0 Å². The molecule has 2 rings (SSSR count). The molecule has 1 atom stereocenters. The first kappa shape index (κ1) is 17.2. The van der Waals surface area contributed by atoms with Gasteiger partial charge in [-0.05, 0) is 71.4 Å². The van der Waals surface area contributed by atoms with Gasteiger partial charge < -0.3 is 10.1 Å². The fraction of sp³-hybridized carbons (Fsp3) is 0.529. The van der Waals surface area contributed by atoms with E-state index in [1.165, 1.54) is 16.2 Å². The highest BCUT2D eigenvalue weighted by Crippen LogP contribution is 2.53. The normalized spacial score (nSPS) is 16.7. The summed E-state index contributed by atoms with van der Waals surface area (Å²) in [7, 11) is 3.03. The van der Waals surface area contributed by atoms with Gasteiger partial charge in [0, 0.05) is 17.0 Å². The van der Waals surface area contributed by atoms with Crippen LogP contribution < -0.4 is 5.32 Å². The van der Waals surface area contributed by atoms with E-state index in [-0.39, 0.29) is 23.2 Å². The number of esters is 1. The first-order chi connectivity index (χ1) is 10.5. The zero-order valence-electron chi connectivity index (χ0n) is 13.0. The molecule has 4 nitrogen and oxygen atoms in total. The molecule has 0 saturated heterocycles. The van der Waals surface area contributed by atoms with Crippen molar-refractivity contribution in [2.24, 2.45) is 5.92 Å². The lowest BCUT2D eigenvalue weighted by Gasteiger charge is -2.22. The minimum absolute atomic E-state index is 0.0342. The Morgan fingerprint density at radius 1 is 1.32 bits per heavy atom. The second kappa shape index (κ2) is 7.44. The van der Waals surface area contributed by atoms with Gasteiger partial charge in [-0.1, -0.05) is 12.1 Å². The average molecular weight is 415 g/mol. The Morgan fingerprint density at radius 3 is 2.45 bits per heavy atom. The van der Waals surface area contributed by atoms with Gasteiger partial charge in [0.1, 0.15) is 0 Å². The van der Waals surface area contributed by atoms with E-state index in [1.54, 1.807) is 7.05 Å². The Morgan fingerprint density at radius 2 is 1.95 bits per heavy atom. The summed E-state index contributed by atoms with van der Waals surface area (Å²) in [6.45, 7) is 0. The van der Waals surface area contributed by atoms with Crippen LogP contribution in [0.15, 0.2) is 24.3 Å². The van der Waals surface area contributed by atoms with Crippen molar-refractivity contribution in [1.29, 1.82) is 0 Å². The number of methoxy groups -OCH3 is 1. The van der Waals surface area contributed by atoms with E-state index in [9.17, 15) is 9.59 Å². The molecule has 1 aromatic rings. The number of hydrogen-bond donors (Lipinski definition) is 1. The predicted molar refractivity (Wildman–Crippen MR) is 93.5 cm³/mol. The van der Waals surface area contributed by atoms with E-state index in [1.807, 2.05) is 0 Å². The summed E-state index contributed by atoms with van der Waals surface area (Å²) >= 11 is 2.29. The molecular weight excluding hydrogens is 393 g/mol. The van der Waals surface area contributed by atoms with E-state index in [0.29, 0.717) is 12.8 Å². The van der Waals surface area contributed by atoms with Gasteiger partial charge in [0.2, 0.25) is 5.91 Å². The molecule has 0 bridgehead atoms. The number of carbonyl (C=O) groups excluding carboxylic acids is 2. The topological polar surface area (TPSA) is 55.4 Å². The van der Waals surface area contributed by atoms with Gasteiger partial charge in [0.25, 0.3) is 0 Å². The van der Waals surface area contributed by atoms with Gasteiger partial charge in [-0.15, -0.1) is 0 Å². The Labute approximate surface area is 145 Å². The number of rotatable bonds is 7. The fourth-order valence-corrected chi connectivity index (χ4v) is 3.30. The number of amides is 1. The van der Waals surface area contributed by atoms with Gasteiger partial charge in [-0.2, -0.15) is 0 Å². The number of benzene rings is 1. The maximum Gasteiger partial charge on any atom is 0.308 e. The first-order valence-corrected chi connectivity index (χ1v) is 8.63. The first-order valence-electron chi connectivity index (χ1n) is 7.55. The minimum Gasteiger partial charge on any atom is -0.469 e. The van der Waals surface area contributed by atoms with Gasteiger partial charge in [0.15, 0.2) is 0 Å². The summed E-state index contributed by atoms with van der Waals surface area (Å²) in [5.41, 5.74) is 1.38. The van der Waals surface area contributed by atoms with Crippen molar-refractivity contribution < 1.29 is 14.3 Å². The van der Waals surface area contributed by atoms with Crippen molar-refractivity contribution in [3.05, 3.63) is 33.4 Å². The summed E-state index contributed by atoms with van der Waals surface area (Å²) in [5, 5.41) is 2.60. The molecule has 1 N–H and O–H groups in total. The van der Waals surface area contributed by atoms with Crippen molar-refractivity contribution in [2.75, 3.05) is 14.2 Å². The highest BCUT2D eigenvalue weighted by atomic mass is 127. The molecule has 1 unspecified atom stereocenters. The van der Waals surface area contributed by atoms with Gasteiger partial charge in [0.05, 0.1) is 13.0 Å². The van der Waals surface area contributed by atoms with E-state index < -0.39 is 0 Å². The lowest BCUT2D eigenvalue weighted by atomic mass is 9.84. The third kappa shape index (κ3) is 4.21. The van der Waals surface area contributed by atoms with Crippen LogP contribution in [0.5, 0.6) is 0 Å². The molecule has 1 amide bonds. The zero-order valence-corrected chi connectivity index (χ0v) is 15.2. The van der Waals surface area contributed by atoms with Crippen molar-refractivity contribution >= 4 is 34.5 Å². The highest BCUT2D eigenvalue weighted by molar-refractivity contribution is 14.1. The summed E-state index contributed by atoms with van der Waals surface area (Å²) in [4.78, 5) is 23.5. The molecule has 0 heterocycles. The van der Waals surface area contributed by atoms with Crippen LogP contribution in [0.2, 0.25) is 0 Å². The SMILES string of the molecule is CNC(=O)CCC(CC1(c2ccc(I)cc2)CC1)C(=O)OC. The monoisotopic (exact) mass is 415 g/mol. The number of ether oxygens (including phenoxy) is 1. The Kier molecular flexibility index (Phi) is 5.83. The number of nitrogens with one attached hydrogen (secondary N) is 1. The Hall–Kier alpha value is -1.11. The number of hydrogen-bond acceptors (Lipinski definition) is 3. The molecule has 22 heavy (non-hydrogen) atoms. The largest absolute Gasteiger partial charge is 0.469 e. The zero-order chi connectivity index (χ0) is 16.2. The second-order valence-corrected chi connectivity index (χ2v) is 7.17. The summed E-state index contributed by atoms with van der Waals surface area (Å²) in [6.07, 6.45) is 3.86. The van der Waals surface area contributed by atoms with Crippen molar-refractivity contribution in [3.63, 3.8) is 0 Å². The van der Waals surface area contributed by atoms with Crippen LogP contribution in [0.4, 0.5) is 0 Å². The van der Waals surface area contributed by atoms with Crippen LogP contribution in [0.25, 0.3) is 0 Å². The lowest BCUT2D eigenvalue weighted by molar-refractivity contribution is -0.146. The molecule has 120 valence electrons. The van der Waals surface area contributed by atoms with Crippen molar-refractivity contribution in [2.45, 2.75) is 37.5 Å². The van der Waals surface area contributed by atoms with Crippen LogP contribution in [-0.4, -0.2) is 26.0 Å². The van der Waals surface area contributed by atoms with E-state index in [2.05, 4.69) is 52.2 Å². The quantitative estimate of drug-likeness (QED) is 0.550. The average Bonchev–Trinajstić information content (AvgIpc) is 3.31. The summed E-state index contributed by atoms with van der Waals surface area (Å²) < 4.78 is 6.14. The molecule has 0 aliphatic heterocycles. The van der Waals surface area contributed by atoms with Crippen LogP contribution in [-0.2, 0) is 19.7 Å². The minimum atomic E-state index is -0.218.